The van der Waals surface area contributed by atoms with Gasteiger partial charge in [0.2, 0.25) is 5.91 Å². The summed E-state index contributed by atoms with van der Waals surface area (Å²) in [5.74, 6) is -0.371. The zero-order valence-corrected chi connectivity index (χ0v) is 17.4. The SMILES string of the molecule is CCCCC(=O)N(Cc1ccc(Br)cc1)[C@H](C(=O)OC)C(C)C.S. The predicted molar refractivity (Wildman–Crippen MR) is 105 cm³/mol. The van der Waals surface area contributed by atoms with E-state index < -0.39 is 6.04 Å². The van der Waals surface area contributed by atoms with Gasteiger partial charge in [-0.25, -0.2) is 4.79 Å². The first-order chi connectivity index (χ1) is 10.9. The summed E-state index contributed by atoms with van der Waals surface area (Å²) in [7, 11) is 1.37. The molecule has 0 radical (unpaired) electrons. The zero-order chi connectivity index (χ0) is 17.4. The van der Waals surface area contributed by atoms with Gasteiger partial charge in [-0.3, -0.25) is 4.79 Å². The number of nitrogens with zero attached hydrogens (tertiary/aromatic N) is 1. The highest BCUT2D eigenvalue weighted by Gasteiger charge is 2.32. The van der Waals surface area contributed by atoms with Crippen molar-refractivity contribution in [3.8, 4) is 0 Å². The quantitative estimate of drug-likeness (QED) is 0.592. The molecule has 0 saturated carbocycles. The van der Waals surface area contributed by atoms with Gasteiger partial charge >= 0.3 is 5.97 Å². The molecular weight excluding hydrogens is 390 g/mol. The molecule has 0 spiro atoms. The Bertz CT molecular complexity index is 520. The van der Waals surface area contributed by atoms with Crippen LogP contribution in [0.2, 0.25) is 0 Å². The number of carbonyl (C=O) groups excluding carboxylic acids is 2. The van der Waals surface area contributed by atoms with Crippen LogP contribution >= 0.6 is 29.4 Å². The van der Waals surface area contributed by atoms with Crippen molar-refractivity contribution in [2.45, 2.75) is 52.6 Å². The topological polar surface area (TPSA) is 46.6 Å². The van der Waals surface area contributed by atoms with Crippen LogP contribution in [0.1, 0.15) is 45.6 Å². The summed E-state index contributed by atoms with van der Waals surface area (Å²) >= 11 is 3.41. The van der Waals surface area contributed by atoms with E-state index in [-0.39, 0.29) is 31.3 Å². The van der Waals surface area contributed by atoms with Crippen LogP contribution in [0.15, 0.2) is 28.7 Å². The molecule has 1 aromatic carbocycles. The third-order valence-electron chi connectivity index (χ3n) is 3.74. The van der Waals surface area contributed by atoms with Gasteiger partial charge in [0.05, 0.1) is 7.11 Å². The molecule has 0 aromatic heterocycles. The van der Waals surface area contributed by atoms with Crippen molar-refractivity contribution in [1.29, 1.82) is 0 Å². The van der Waals surface area contributed by atoms with E-state index in [1.807, 2.05) is 45.0 Å². The van der Waals surface area contributed by atoms with Crippen molar-refractivity contribution in [3.63, 3.8) is 0 Å². The number of esters is 1. The second kappa shape index (κ2) is 11.5. The molecule has 0 aliphatic rings. The van der Waals surface area contributed by atoms with E-state index in [0.29, 0.717) is 13.0 Å². The van der Waals surface area contributed by atoms with Crippen molar-refractivity contribution >= 4 is 41.3 Å². The van der Waals surface area contributed by atoms with Gasteiger partial charge in [0.1, 0.15) is 6.04 Å². The predicted octanol–water partition coefficient (Wildman–Crippen LogP) is 4.28. The van der Waals surface area contributed by atoms with Gasteiger partial charge in [-0.05, 0) is 30.0 Å². The number of ether oxygens (including phenoxy) is 1. The van der Waals surface area contributed by atoms with Crippen LogP contribution in [0.3, 0.4) is 0 Å². The monoisotopic (exact) mass is 417 g/mol. The maximum Gasteiger partial charge on any atom is 0.328 e. The molecule has 0 aliphatic heterocycles. The molecular formula is C18H28BrNO3S. The van der Waals surface area contributed by atoms with Gasteiger partial charge < -0.3 is 9.64 Å². The summed E-state index contributed by atoms with van der Waals surface area (Å²) in [6.45, 7) is 6.33. The highest BCUT2D eigenvalue weighted by Crippen LogP contribution is 2.20. The summed E-state index contributed by atoms with van der Waals surface area (Å²) in [6.07, 6.45) is 2.22. The standard InChI is InChI=1S/C18H26BrNO3.H2S/c1-5-6-7-16(21)20(17(13(2)3)18(22)23-4)12-14-8-10-15(19)11-9-14;/h8-11,13,17H,5-7,12H2,1-4H3;1H2/t17-;/m0./s1. The number of rotatable bonds is 8. The van der Waals surface area contributed by atoms with E-state index >= 15 is 0 Å². The summed E-state index contributed by atoms with van der Waals surface area (Å²) in [5.41, 5.74) is 0.993. The number of methoxy groups -OCH3 is 1. The lowest BCUT2D eigenvalue weighted by Gasteiger charge is -2.32. The zero-order valence-electron chi connectivity index (χ0n) is 14.8. The van der Waals surface area contributed by atoms with Crippen LogP contribution in [-0.2, 0) is 20.9 Å². The third-order valence-corrected chi connectivity index (χ3v) is 4.27. The summed E-state index contributed by atoms with van der Waals surface area (Å²) in [5, 5.41) is 0. The highest BCUT2D eigenvalue weighted by molar-refractivity contribution is 9.10. The van der Waals surface area contributed by atoms with Gasteiger partial charge in [-0.1, -0.05) is 55.3 Å². The molecule has 6 heteroatoms. The average Bonchev–Trinajstić information content (AvgIpc) is 2.53. The summed E-state index contributed by atoms with van der Waals surface area (Å²) in [6, 6.07) is 7.23. The second-order valence-corrected chi connectivity index (χ2v) is 6.88. The van der Waals surface area contributed by atoms with Crippen molar-refractivity contribution in [3.05, 3.63) is 34.3 Å². The van der Waals surface area contributed by atoms with E-state index in [2.05, 4.69) is 15.9 Å². The van der Waals surface area contributed by atoms with Crippen molar-refractivity contribution in [2.24, 2.45) is 5.92 Å². The molecule has 0 N–H and O–H groups in total. The number of unbranched alkanes of at least 4 members (excludes halogenated alkanes) is 1. The number of benzene rings is 1. The number of carbonyl (C=O) groups is 2. The number of hydrogen-bond acceptors (Lipinski definition) is 3. The fraction of sp³-hybridized carbons (Fsp3) is 0.556. The van der Waals surface area contributed by atoms with Crippen LogP contribution in [-0.4, -0.2) is 29.9 Å². The first-order valence-corrected chi connectivity index (χ1v) is 8.81. The second-order valence-electron chi connectivity index (χ2n) is 5.96. The Balaban J connectivity index is 0.00000529. The van der Waals surface area contributed by atoms with Gasteiger partial charge in [0.15, 0.2) is 0 Å². The van der Waals surface area contributed by atoms with E-state index in [1.54, 1.807) is 4.90 Å². The molecule has 1 aromatic rings. The van der Waals surface area contributed by atoms with E-state index in [9.17, 15) is 9.59 Å². The lowest BCUT2D eigenvalue weighted by Crippen LogP contribution is -2.48. The normalized spacial score (nSPS) is 11.6. The van der Waals surface area contributed by atoms with Gasteiger partial charge in [-0.15, -0.1) is 0 Å². The van der Waals surface area contributed by atoms with Crippen molar-refractivity contribution in [1.82, 2.24) is 4.90 Å². The third kappa shape index (κ3) is 6.85. The molecule has 0 saturated heterocycles. The molecule has 136 valence electrons. The average molecular weight is 418 g/mol. The Morgan fingerprint density at radius 3 is 2.25 bits per heavy atom. The molecule has 0 unspecified atom stereocenters. The van der Waals surface area contributed by atoms with Gasteiger partial charge in [0, 0.05) is 17.4 Å². The fourth-order valence-corrected chi connectivity index (χ4v) is 2.74. The molecule has 0 aliphatic carbocycles. The molecule has 1 amide bonds. The van der Waals surface area contributed by atoms with Crippen LogP contribution in [0, 0.1) is 5.92 Å². The summed E-state index contributed by atoms with van der Waals surface area (Å²) in [4.78, 5) is 26.5. The van der Waals surface area contributed by atoms with E-state index in [1.165, 1.54) is 7.11 Å². The molecule has 0 fully saturated rings. The molecule has 4 nitrogen and oxygen atoms in total. The van der Waals surface area contributed by atoms with Crippen LogP contribution in [0.5, 0.6) is 0 Å². The Morgan fingerprint density at radius 1 is 1.21 bits per heavy atom. The number of halogens is 1. The fourth-order valence-electron chi connectivity index (χ4n) is 2.48. The number of hydrogen-bond donors (Lipinski definition) is 0. The molecule has 1 atom stereocenters. The van der Waals surface area contributed by atoms with Crippen LogP contribution in [0.25, 0.3) is 0 Å². The lowest BCUT2D eigenvalue weighted by atomic mass is 10.0. The van der Waals surface area contributed by atoms with Crippen molar-refractivity contribution < 1.29 is 14.3 Å². The molecule has 0 heterocycles. The van der Waals surface area contributed by atoms with E-state index in [0.717, 1.165) is 22.9 Å². The Labute approximate surface area is 160 Å². The van der Waals surface area contributed by atoms with E-state index in [4.69, 9.17) is 4.74 Å². The maximum absolute atomic E-state index is 12.6. The minimum atomic E-state index is -0.562. The molecule has 0 bridgehead atoms. The van der Waals surface area contributed by atoms with Gasteiger partial charge in [-0.2, -0.15) is 13.5 Å². The Kier molecular flexibility index (Phi) is 11.0. The Hall–Kier alpha value is -1.01. The van der Waals surface area contributed by atoms with Crippen LogP contribution in [0.4, 0.5) is 0 Å². The smallest absolute Gasteiger partial charge is 0.328 e. The van der Waals surface area contributed by atoms with Gasteiger partial charge in [0.25, 0.3) is 0 Å². The molecule has 24 heavy (non-hydrogen) atoms. The maximum atomic E-state index is 12.6. The first kappa shape index (κ1) is 23.0. The molecule has 1 rings (SSSR count). The minimum Gasteiger partial charge on any atom is -0.467 e. The minimum absolute atomic E-state index is 0. The first-order valence-electron chi connectivity index (χ1n) is 8.02. The number of amides is 1. The highest BCUT2D eigenvalue weighted by atomic mass is 79.9. The van der Waals surface area contributed by atoms with Crippen LogP contribution < -0.4 is 0 Å². The lowest BCUT2D eigenvalue weighted by molar-refractivity contribution is -0.155. The van der Waals surface area contributed by atoms with Crippen molar-refractivity contribution in [2.75, 3.05) is 7.11 Å². The Morgan fingerprint density at radius 2 is 1.79 bits per heavy atom. The summed E-state index contributed by atoms with van der Waals surface area (Å²) < 4.78 is 5.91. The largest absolute Gasteiger partial charge is 0.467 e.